The monoisotopic (exact) mass is 362 g/mol. The van der Waals surface area contributed by atoms with Crippen molar-refractivity contribution in [3.63, 3.8) is 0 Å². The molecule has 0 saturated carbocycles. The summed E-state index contributed by atoms with van der Waals surface area (Å²) in [7, 11) is 1.60. The van der Waals surface area contributed by atoms with E-state index in [4.69, 9.17) is 9.84 Å². The third-order valence-corrected chi connectivity index (χ3v) is 5.00. The quantitative estimate of drug-likeness (QED) is 0.866. The van der Waals surface area contributed by atoms with Crippen molar-refractivity contribution in [2.24, 2.45) is 5.92 Å². The first-order valence-electron chi connectivity index (χ1n) is 7.83. The van der Waals surface area contributed by atoms with Gasteiger partial charge in [-0.2, -0.15) is 0 Å². The highest BCUT2D eigenvalue weighted by Crippen LogP contribution is 2.28. The van der Waals surface area contributed by atoms with E-state index in [-0.39, 0.29) is 11.9 Å². The fraction of sp³-hybridized carbons (Fsp3) is 0.375. The van der Waals surface area contributed by atoms with Crippen LogP contribution in [-0.4, -0.2) is 52.4 Å². The Bertz CT molecular complexity index is 754. The lowest BCUT2D eigenvalue weighted by Gasteiger charge is -2.29. The highest BCUT2D eigenvalue weighted by Gasteiger charge is 2.27. The van der Waals surface area contributed by atoms with Crippen LogP contribution in [0.15, 0.2) is 24.3 Å². The number of aliphatic carboxylic acids is 1. The number of carboxylic acids is 1. The zero-order valence-corrected chi connectivity index (χ0v) is 14.5. The smallest absolute Gasteiger partial charge is 0.323 e. The molecular formula is C16H18N4O4S. The molecule has 25 heavy (non-hydrogen) atoms. The molecule has 3 rings (SSSR count). The molecular weight excluding hydrogens is 344 g/mol. The van der Waals surface area contributed by atoms with Crippen molar-refractivity contribution in [1.29, 1.82) is 0 Å². The number of nitrogens with one attached hydrogen (secondary N) is 1. The van der Waals surface area contributed by atoms with Crippen LogP contribution in [-0.2, 0) is 4.79 Å². The molecule has 0 radical (unpaired) electrons. The molecule has 1 aliphatic rings. The summed E-state index contributed by atoms with van der Waals surface area (Å²) < 4.78 is 5.12. The maximum Gasteiger partial charge on any atom is 0.323 e. The number of carboxylic acid groups (broad SMARTS) is 1. The first-order chi connectivity index (χ1) is 12.1. The topological polar surface area (TPSA) is 105 Å². The van der Waals surface area contributed by atoms with Gasteiger partial charge in [0, 0.05) is 18.7 Å². The first kappa shape index (κ1) is 17.2. The summed E-state index contributed by atoms with van der Waals surface area (Å²) in [5.74, 6) is -0.410. The van der Waals surface area contributed by atoms with Crippen LogP contribution in [0.4, 0.5) is 9.93 Å². The number of likely N-dealkylation sites (tertiary alicyclic amines) is 1. The van der Waals surface area contributed by atoms with Crippen LogP contribution in [0.5, 0.6) is 5.75 Å². The van der Waals surface area contributed by atoms with Crippen LogP contribution >= 0.6 is 11.3 Å². The zero-order valence-electron chi connectivity index (χ0n) is 13.6. The fourth-order valence-corrected chi connectivity index (χ4v) is 3.36. The summed E-state index contributed by atoms with van der Waals surface area (Å²) in [6.45, 7) is 0.847. The van der Waals surface area contributed by atoms with E-state index in [1.165, 1.54) is 11.3 Å². The molecule has 132 valence electrons. The Morgan fingerprint density at radius 2 is 1.92 bits per heavy atom. The van der Waals surface area contributed by atoms with Crippen LogP contribution in [0, 0.1) is 5.92 Å². The molecule has 0 atom stereocenters. The zero-order chi connectivity index (χ0) is 17.8. The van der Waals surface area contributed by atoms with Crippen LogP contribution in [0.3, 0.4) is 0 Å². The largest absolute Gasteiger partial charge is 0.497 e. The van der Waals surface area contributed by atoms with Gasteiger partial charge in [-0.05, 0) is 37.1 Å². The Labute approximate surface area is 148 Å². The van der Waals surface area contributed by atoms with E-state index in [2.05, 4.69) is 15.5 Å². The number of carbonyl (C=O) groups excluding carboxylic acids is 1. The number of carbonyl (C=O) groups is 2. The second-order valence-electron chi connectivity index (χ2n) is 5.67. The molecule has 0 unspecified atom stereocenters. The van der Waals surface area contributed by atoms with Crippen LogP contribution in [0.25, 0.3) is 10.6 Å². The van der Waals surface area contributed by atoms with Gasteiger partial charge in [-0.15, -0.1) is 10.2 Å². The van der Waals surface area contributed by atoms with E-state index in [0.29, 0.717) is 36.1 Å². The number of hydrogen-bond acceptors (Lipinski definition) is 6. The minimum Gasteiger partial charge on any atom is -0.497 e. The molecule has 1 saturated heterocycles. The number of amides is 2. The molecule has 0 spiro atoms. The maximum atomic E-state index is 12.3. The Morgan fingerprint density at radius 3 is 2.52 bits per heavy atom. The molecule has 2 amide bonds. The summed E-state index contributed by atoms with van der Waals surface area (Å²) in [5, 5.41) is 20.9. The number of benzene rings is 1. The second-order valence-corrected chi connectivity index (χ2v) is 6.65. The van der Waals surface area contributed by atoms with Gasteiger partial charge < -0.3 is 14.7 Å². The molecule has 1 fully saturated rings. The predicted molar refractivity (Wildman–Crippen MR) is 92.8 cm³/mol. The Hall–Kier alpha value is -2.68. The van der Waals surface area contributed by atoms with Crippen LogP contribution in [0.2, 0.25) is 0 Å². The van der Waals surface area contributed by atoms with E-state index in [0.717, 1.165) is 11.3 Å². The number of methoxy groups -OCH3 is 1. The highest BCUT2D eigenvalue weighted by atomic mass is 32.1. The predicted octanol–water partition coefficient (Wildman–Crippen LogP) is 2.54. The SMILES string of the molecule is COc1ccc(-c2nnc(NC(=O)N3CCC(C(=O)O)CC3)s2)cc1. The molecule has 1 aromatic heterocycles. The molecule has 2 heterocycles. The third-order valence-electron chi connectivity index (χ3n) is 4.11. The fourth-order valence-electron chi connectivity index (χ4n) is 2.62. The van der Waals surface area contributed by atoms with Gasteiger partial charge in [-0.3, -0.25) is 10.1 Å². The summed E-state index contributed by atoms with van der Waals surface area (Å²) in [4.78, 5) is 24.8. The van der Waals surface area contributed by atoms with Gasteiger partial charge in [0.15, 0.2) is 0 Å². The van der Waals surface area contributed by atoms with Crippen molar-refractivity contribution in [2.75, 3.05) is 25.5 Å². The molecule has 9 heteroatoms. The van der Waals surface area contributed by atoms with Crippen LogP contribution < -0.4 is 10.1 Å². The normalized spacial score (nSPS) is 15.0. The minimum atomic E-state index is -0.798. The number of piperidine rings is 1. The van der Waals surface area contributed by atoms with Crippen molar-refractivity contribution in [1.82, 2.24) is 15.1 Å². The van der Waals surface area contributed by atoms with Gasteiger partial charge in [0.1, 0.15) is 10.8 Å². The molecule has 1 aromatic carbocycles. The number of urea groups is 1. The number of hydrogen-bond donors (Lipinski definition) is 2. The lowest BCUT2D eigenvalue weighted by Crippen LogP contribution is -2.42. The average molecular weight is 362 g/mol. The summed E-state index contributed by atoms with van der Waals surface area (Å²) in [6, 6.07) is 7.15. The van der Waals surface area contributed by atoms with Gasteiger partial charge in [0.05, 0.1) is 13.0 Å². The number of ether oxygens (including phenoxy) is 1. The van der Waals surface area contributed by atoms with E-state index >= 15 is 0 Å². The van der Waals surface area contributed by atoms with Gasteiger partial charge in [0.25, 0.3) is 0 Å². The van der Waals surface area contributed by atoms with E-state index in [1.54, 1.807) is 12.0 Å². The van der Waals surface area contributed by atoms with Crippen molar-refractivity contribution in [2.45, 2.75) is 12.8 Å². The molecule has 8 nitrogen and oxygen atoms in total. The number of nitrogens with zero attached hydrogens (tertiary/aromatic N) is 3. The average Bonchev–Trinajstić information content (AvgIpc) is 3.10. The maximum absolute atomic E-state index is 12.3. The summed E-state index contributed by atoms with van der Waals surface area (Å²) >= 11 is 1.28. The van der Waals surface area contributed by atoms with Crippen molar-refractivity contribution in [3.05, 3.63) is 24.3 Å². The van der Waals surface area contributed by atoms with Gasteiger partial charge in [0.2, 0.25) is 5.13 Å². The standard InChI is InChI=1S/C16H18N4O4S/c1-24-12-4-2-10(3-5-12)13-18-19-15(25-13)17-16(23)20-8-6-11(7-9-20)14(21)22/h2-5,11H,6-9H2,1H3,(H,21,22)(H,17,19,23). The lowest BCUT2D eigenvalue weighted by atomic mass is 9.97. The molecule has 2 aromatic rings. The number of rotatable bonds is 4. The molecule has 0 bridgehead atoms. The van der Waals surface area contributed by atoms with Crippen molar-refractivity contribution in [3.8, 4) is 16.3 Å². The van der Waals surface area contributed by atoms with E-state index in [1.807, 2.05) is 24.3 Å². The van der Waals surface area contributed by atoms with Crippen LogP contribution in [0.1, 0.15) is 12.8 Å². The van der Waals surface area contributed by atoms with Gasteiger partial charge in [-0.1, -0.05) is 11.3 Å². The number of anilines is 1. The Balaban J connectivity index is 1.59. The second kappa shape index (κ2) is 7.47. The van der Waals surface area contributed by atoms with E-state index in [9.17, 15) is 9.59 Å². The third kappa shape index (κ3) is 4.05. The molecule has 2 N–H and O–H groups in total. The lowest BCUT2D eigenvalue weighted by molar-refractivity contribution is -0.143. The first-order valence-corrected chi connectivity index (χ1v) is 8.65. The Kier molecular flexibility index (Phi) is 5.13. The highest BCUT2D eigenvalue weighted by molar-refractivity contribution is 7.18. The molecule has 1 aliphatic heterocycles. The minimum absolute atomic E-state index is 0.277. The van der Waals surface area contributed by atoms with Crippen molar-refractivity contribution < 1.29 is 19.4 Å². The number of aromatic nitrogens is 2. The van der Waals surface area contributed by atoms with E-state index < -0.39 is 5.97 Å². The Morgan fingerprint density at radius 1 is 1.24 bits per heavy atom. The van der Waals surface area contributed by atoms with Crippen molar-refractivity contribution >= 4 is 28.5 Å². The molecule has 0 aliphatic carbocycles. The van der Waals surface area contributed by atoms with Gasteiger partial charge >= 0.3 is 12.0 Å². The summed E-state index contributed by atoms with van der Waals surface area (Å²) in [6.07, 6.45) is 0.936. The van der Waals surface area contributed by atoms with Gasteiger partial charge in [-0.25, -0.2) is 4.79 Å². The summed E-state index contributed by atoms with van der Waals surface area (Å²) in [5.41, 5.74) is 0.890.